The van der Waals surface area contributed by atoms with E-state index in [0.717, 1.165) is 30.6 Å². The first-order valence-corrected chi connectivity index (χ1v) is 9.74. The van der Waals surface area contributed by atoms with Crippen LogP contribution in [0.25, 0.3) is 0 Å². The lowest BCUT2D eigenvalue weighted by molar-refractivity contribution is 0.171. The number of carbonyl (C=O) groups excluding carboxylic acids is 1. The number of alkyl carbamates (subject to hydrolysis) is 1. The van der Waals surface area contributed by atoms with Gasteiger partial charge in [0.15, 0.2) is 0 Å². The van der Waals surface area contributed by atoms with Gasteiger partial charge in [-0.1, -0.05) is 0 Å². The van der Waals surface area contributed by atoms with E-state index in [9.17, 15) is 13.2 Å². The summed E-state index contributed by atoms with van der Waals surface area (Å²) < 4.78 is 30.1. The smallest absolute Gasteiger partial charge is 0.406 e. The lowest BCUT2D eigenvalue weighted by Crippen LogP contribution is -2.38. The minimum atomic E-state index is -3.46. The van der Waals surface area contributed by atoms with E-state index in [1.54, 1.807) is 0 Å². The monoisotopic (exact) mass is 357 g/mol. The van der Waals surface area contributed by atoms with Crippen LogP contribution in [0.3, 0.4) is 0 Å². The molecule has 1 amide bonds. The van der Waals surface area contributed by atoms with E-state index in [2.05, 4.69) is 28.8 Å². The van der Waals surface area contributed by atoms with Gasteiger partial charge in [0.05, 0.1) is 25.6 Å². The molecule has 0 bridgehead atoms. The molecule has 1 aromatic rings. The Balaban J connectivity index is 3.05. The minimum absolute atomic E-state index is 0.138. The van der Waals surface area contributed by atoms with Crippen LogP contribution in [0, 0.1) is 6.92 Å². The van der Waals surface area contributed by atoms with Gasteiger partial charge in [0, 0.05) is 25.3 Å². The molecular weight excluding hydrogens is 330 g/mol. The Kier molecular flexibility index (Phi) is 7.34. The molecule has 0 fully saturated rings. The van der Waals surface area contributed by atoms with Gasteiger partial charge in [0.1, 0.15) is 0 Å². The number of benzene rings is 1. The molecule has 0 aliphatic rings. The van der Waals surface area contributed by atoms with Crippen LogP contribution in [0.2, 0.25) is 0 Å². The summed E-state index contributed by atoms with van der Waals surface area (Å²) >= 11 is 0. The van der Waals surface area contributed by atoms with Crippen molar-refractivity contribution in [2.45, 2.75) is 20.8 Å². The van der Waals surface area contributed by atoms with Crippen LogP contribution in [0.5, 0.6) is 0 Å². The van der Waals surface area contributed by atoms with E-state index in [1.165, 1.54) is 11.4 Å². The molecule has 0 spiro atoms. The Hall–Kier alpha value is -1.96. The number of nitrogens with zero attached hydrogens (tertiary/aromatic N) is 2. The van der Waals surface area contributed by atoms with Crippen LogP contribution in [0.1, 0.15) is 19.4 Å². The summed E-state index contributed by atoms with van der Waals surface area (Å²) in [5.41, 5.74) is 2.53. The molecule has 1 aromatic carbocycles. The third-order valence-electron chi connectivity index (χ3n) is 3.75. The van der Waals surface area contributed by atoms with Gasteiger partial charge in [-0.25, -0.2) is 13.2 Å². The Bertz CT molecular complexity index is 657. The van der Waals surface area contributed by atoms with Crippen molar-refractivity contribution in [1.82, 2.24) is 5.32 Å². The molecule has 0 unspecified atom stereocenters. The van der Waals surface area contributed by atoms with Crippen LogP contribution >= 0.6 is 0 Å². The quantitative estimate of drug-likeness (QED) is 0.769. The molecule has 1 N–H and O–H groups in total. The fraction of sp³-hybridized carbons (Fsp3) is 0.562. The zero-order valence-corrected chi connectivity index (χ0v) is 15.8. The molecule has 0 atom stereocenters. The number of ether oxygens (including phenoxy) is 1. The average molecular weight is 357 g/mol. The molecule has 0 aliphatic heterocycles. The Morgan fingerprint density at radius 2 is 1.88 bits per heavy atom. The van der Waals surface area contributed by atoms with E-state index < -0.39 is 16.1 Å². The number of hydrogen-bond donors (Lipinski definition) is 1. The second-order valence-electron chi connectivity index (χ2n) is 5.40. The summed E-state index contributed by atoms with van der Waals surface area (Å²) in [5.74, 6) is 0. The highest BCUT2D eigenvalue weighted by atomic mass is 32.2. The molecule has 0 heterocycles. The Morgan fingerprint density at radius 1 is 1.25 bits per heavy atom. The number of amides is 1. The third kappa shape index (κ3) is 5.30. The molecule has 0 aromatic heterocycles. The third-order valence-corrected chi connectivity index (χ3v) is 4.93. The van der Waals surface area contributed by atoms with Gasteiger partial charge < -0.3 is 15.0 Å². The predicted octanol–water partition coefficient (Wildman–Crippen LogP) is 1.96. The molecule has 7 nitrogen and oxygen atoms in total. The van der Waals surface area contributed by atoms with Crippen molar-refractivity contribution in [1.29, 1.82) is 0 Å². The number of anilines is 2. The van der Waals surface area contributed by atoms with Crippen molar-refractivity contribution in [3.05, 3.63) is 23.8 Å². The summed E-state index contributed by atoms with van der Waals surface area (Å²) in [6.45, 7) is 8.11. The Morgan fingerprint density at radius 3 is 2.33 bits per heavy atom. The minimum Gasteiger partial charge on any atom is -0.453 e. The number of rotatable bonds is 8. The van der Waals surface area contributed by atoms with Crippen molar-refractivity contribution >= 4 is 27.5 Å². The number of hydrogen-bond acceptors (Lipinski definition) is 5. The Labute approximate surface area is 144 Å². The van der Waals surface area contributed by atoms with Crippen molar-refractivity contribution in [2.75, 3.05) is 48.7 Å². The van der Waals surface area contributed by atoms with Crippen molar-refractivity contribution in [3.8, 4) is 0 Å². The fourth-order valence-electron chi connectivity index (χ4n) is 2.50. The summed E-state index contributed by atoms with van der Waals surface area (Å²) in [5, 5.41) is 2.50. The van der Waals surface area contributed by atoms with Crippen LogP contribution in [-0.4, -0.2) is 54.1 Å². The molecule has 136 valence electrons. The molecule has 8 heteroatoms. The van der Waals surface area contributed by atoms with Crippen LogP contribution < -0.4 is 14.5 Å². The maximum atomic E-state index is 12.1. The van der Waals surface area contributed by atoms with Gasteiger partial charge in [-0.05, 0) is 44.5 Å². The van der Waals surface area contributed by atoms with Gasteiger partial charge in [-0.15, -0.1) is 0 Å². The zero-order valence-electron chi connectivity index (χ0n) is 15.0. The first-order valence-electron chi connectivity index (χ1n) is 7.89. The van der Waals surface area contributed by atoms with Crippen LogP contribution in [-0.2, 0) is 14.8 Å². The number of methoxy groups -OCH3 is 1. The number of nitrogens with one attached hydrogen (secondary N) is 1. The molecule has 1 rings (SSSR count). The number of carbonyl (C=O) groups is 1. The number of aryl methyl sites for hydroxylation is 1. The highest BCUT2D eigenvalue weighted by molar-refractivity contribution is 7.92. The van der Waals surface area contributed by atoms with Crippen molar-refractivity contribution < 1.29 is 17.9 Å². The zero-order chi connectivity index (χ0) is 18.3. The normalized spacial score (nSPS) is 11.0. The SMILES string of the molecule is CCN(CC)c1ccc(N(CCNC(=O)OC)S(C)(=O)=O)c(C)c1. The van der Waals surface area contributed by atoms with Gasteiger partial charge in [-0.2, -0.15) is 0 Å². The van der Waals surface area contributed by atoms with Gasteiger partial charge >= 0.3 is 6.09 Å². The molecule has 0 saturated carbocycles. The summed E-state index contributed by atoms with van der Waals surface area (Å²) in [7, 11) is -2.20. The maximum Gasteiger partial charge on any atom is 0.406 e. The van der Waals surface area contributed by atoms with Crippen molar-refractivity contribution in [2.24, 2.45) is 0 Å². The van der Waals surface area contributed by atoms with Crippen molar-refractivity contribution in [3.63, 3.8) is 0 Å². The largest absolute Gasteiger partial charge is 0.453 e. The van der Waals surface area contributed by atoms with Crippen LogP contribution in [0.15, 0.2) is 18.2 Å². The second kappa shape index (κ2) is 8.77. The standard InChI is InChI=1S/C16H27N3O4S/c1-6-18(7-2)14-8-9-15(13(3)12-14)19(24(5,21)22)11-10-17-16(20)23-4/h8-9,12H,6-7,10-11H2,1-5H3,(H,17,20). The first-order chi connectivity index (χ1) is 11.2. The maximum absolute atomic E-state index is 12.1. The van der Waals surface area contributed by atoms with Gasteiger partial charge in [0.25, 0.3) is 0 Å². The first kappa shape index (κ1) is 20.1. The van der Waals surface area contributed by atoms with E-state index in [4.69, 9.17) is 0 Å². The topological polar surface area (TPSA) is 79.0 Å². The van der Waals surface area contributed by atoms with E-state index in [-0.39, 0.29) is 13.1 Å². The van der Waals surface area contributed by atoms with E-state index in [1.807, 2.05) is 25.1 Å². The van der Waals surface area contributed by atoms with E-state index in [0.29, 0.717) is 5.69 Å². The summed E-state index contributed by atoms with van der Waals surface area (Å²) in [6.07, 6.45) is 0.570. The lowest BCUT2D eigenvalue weighted by Gasteiger charge is -2.27. The van der Waals surface area contributed by atoms with Crippen LogP contribution in [0.4, 0.5) is 16.2 Å². The average Bonchev–Trinajstić information content (AvgIpc) is 2.52. The lowest BCUT2D eigenvalue weighted by atomic mass is 10.1. The molecule has 0 aliphatic carbocycles. The fourth-order valence-corrected chi connectivity index (χ4v) is 3.49. The van der Waals surface area contributed by atoms with Gasteiger partial charge in [0.2, 0.25) is 10.0 Å². The molecule has 0 radical (unpaired) electrons. The summed E-state index contributed by atoms with van der Waals surface area (Å²) in [4.78, 5) is 13.3. The predicted molar refractivity (Wildman–Crippen MR) is 97.3 cm³/mol. The number of sulfonamides is 1. The molecular formula is C16H27N3O4S. The second-order valence-corrected chi connectivity index (χ2v) is 7.30. The highest BCUT2D eigenvalue weighted by Crippen LogP contribution is 2.27. The molecule has 0 saturated heterocycles. The highest BCUT2D eigenvalue weighted by Gasteiger charge is 2.20. The summed E-state index contributed by atoms with van der Waals surface area (Å²) in [6, 6.07) is 5.71. The van der Waals surface area contributed by atoms with Gasteiger partial charge in [-0.3, -0.25) is 4.31 Å². The van der Waals surface area contributed by atoms with E-state index >= 15 is 0 Å². The molecule has 24 heavy (non-hydrogen) atoms.